The third-order valence-corrected chi connectivity index (χ3v) is 4.36. The van der Waals surface area contributed by atoms with E-state index in [0.29, 0.717) is 6.54 Å². The number of hydrogen-bond acceptors (Lipinski definition) is 2. The van der Waals surface area contributed by atoms with Gasteiger partial charge in [0.2, 0.25) is 0 Å². The van der Waals surface area contributed by atoms with Crippen LogP contribution in [0.3, 0.4) is 0 Å². The minimum atomic E-state index is -1.06. The van der Waals surface area contributed by atoms with Gasteiger partial charge in [-0.2, -0.15) is 0 Å². The van der Waals surface area contributed by atoms with E-state index in [9.17, 15) is 10.4 Å². The van der Waals surface area contributed by atoms with Crippen LogP contribution in [0.4, 0.5) is 0 Å². The van der Waals surface area contributed by atoms with Gasteiger partial charge in [-0.3, -0.25) is 0 Å². The molecule has 0 aromatic heterocycles. The van der Waals surface area contributed by atoms with Crippen LogP contribution in [0.5, 0.6) is 0 Å². The van der Waals surface area contributed by atoms with Crippen LogP contribution in [-0.4, -0.2) is 23.1 Å². The van der Waals surface area contributed by atoms with Crippen molar-refractivity contribution in [3.63, 3.8) is 0 Å². The molecule has 21 heavy (non-hydrogen) atoms. The molecule has 0 bridgehead atoms. The lowest BCUT2D eigenvalue weighted by Gasteiger charge is -2.32. The Labute approximate surface area is 132 Å². The molecule has 0 fully saturated rings. The van der Waals surface area contributed by atoms with Crippen LogP contribution in [0.1, 0.15) is 104 Å². The molecule has 0 rings (SSSR count). The molecule has 0 radical (unpaired) electrons. The number of quaternary nitrogens is 1. The zero-order valence-electron chi connectivity index (χ0n) is 14.6. The second-order valence-electron chi connectivity index (χ2n) is 6.48. The predicted molar refractivity (Wildman–Crippen MR) is 91.1 cm³/mol. The molecule has 1 unspecified atom stereocenters. The van der Waals surface area contributed by atoms with Crippen LogP contribution < -0.4 is 0 Å². The van der Waals surface area contributed by atoms with Crippen LogP contribution in [0.2, 0.25) is 0 Å². The molecule has 0 saturated carbocycles. The van der Waals surface area contributed by atoms with Crippen LogP contribution in [0.15, 0.2) is 0 Å². The number of rotatable bonds is 16. The molecule has 1 atom stereocenters. The molecule has 0 heterocycles. The van der Waals surface area contributed by atoms with E-state index in [-0.39, 0.29) is 6.54 Å². The van der Waals surface area contributed by atoms with Gasteiger partial charge in [-0.15, -0.1) is 0 Å². The maximum Gasteiger partial charge on any atom is 0.108 e. The summed E-state index contributed by atoms with van der Waals surface area (Å²) in [5.41, 5.74) is 0. The first-order valence-corrected chi connectivity index (χ1v) is 9.43. The smallest absolute Gasteiger partial charge is 0.108 e. The van der Waals surface area contributed by atoms with Crippen molar-refractivity contribution in [1.29, 1.82) is 0 Å². The lowest BCUT2D eigenvalue weighted by atomic mass is 10.0. The fraction of sp³-hybridized carbons (Fsp3) is 1.00. The monoisotopic (exact) mass is 301 g/mol. The van der Waals surface area contributed by atoms with Gasteiger partial charge in [0.25, 0.3) is 0 Å². The first kappa shape index (κ1) is 20.9. The van der Waals surface area contributed by atoms with Crippen LogP contribution in [0.25, 0.3) is 0 Å². The maximum atomic E-state index is 11.3. The molecule has 0 saturated heterocycles. The van der Waals surface area contributed by atoms with Crippen LogP contribution in [0, 0.1) is 5.21 Å². The van der Waals surface area contributed by atoms with Gasteiger partial charge in [0.15, 0.2) is 0 Å². The Hall–Kier alpha value is -0.120. The van der Waals surface area contributed by atoms with Crippen molar-refractivity contribution < 1.29 is 10.0 Å². The molecule has 0 aromatic rings. The zero-order chi connectivity index (χ0) is 15.8. The fourth-order valence-electron chi connectivity index (χ4n) is 2.71. The van der Waals surface area contributed by atoms with E-state index in [2.05, 4.69) is 6.92 Å². The molecular formula is C18H39NO2. The number of nitrogens with zero attached hydrogens (tertiary/aromatic N) is 1. The molecule has 3 nitrogen and oxygen atoms in total. The molecule has 0 aromatic carbocycles. The number of unbranched alkanes of at least 4 members (excludes halogenated alkanes) is 13. The average Bonchev–Trinajstić information content (AvgIpc) is 2.47. The van der Waals surface area contributed by atoms with Crippen molar-refractivity contribution in [2.45, 2.75) is 104 Å². The number of hydrogen-bond donors (Lipinski definition) is 1. The Balaban J connectivity index is 3.06. The van der Waals surface area contributed by atoms with Crippen molar-refractivity contribution in [2.24, 2.45) is 0 Å². The molecule has 1 N–H and O–H groups in total. The lowest BCUT2D eigenvalue weighted by molar-refractivity contribution is -1.06. The first-order chi connectivity index (χ1) is 10.1. The summed E-state index contributed by atoms with van der Waals surface area (Å²) >= 11 is 0. The van der Waals surface area contributed by atoms with E-state index in [4.69, 9.17) is 0 Å². The largest absolute Gasteiger partial charge is 0.598 e. The summed E-state index contributed by atoms with van der Waals surface area (Å²) in [6.07, 6.45) is 18.4. The third-order valence-electron chi connectivity index (χ3n) is 4.36. The van der Waals surface area contributed by atoms with Gasteiger partial charge >= 0.3 is 0 Å². The molecule has 0 amide bonds. The molecule has 128 valence electrons. The Morgan fingerprint density at radius 2 is 0.952 bits per heavy atom. The van der Waals surface area contributed by atoms with Gasteiger partial charge in [0.1, 0.15) is 13.1 Å². The SMILES string of the molecule is CCCCCCCCCCCCCCCC[N+]([O-])(O)CC. The summed E-state index contributed by atoms with van der Waals surface area (Å²) in [5.74, 6) is 0. The highest BCUT2D eigenvalue weighted by Crippen LogP contribution is 2.13. The highest BCUT2D eigenvalue weighted by Gasteiger charge is 2.08. The quantitative estimate of drug-likeness (QED) is 0.210. The van der Waals surface area contributed by atoms with E-state index in [0.717, 1.165) is 12.8 Å². The molecular weight excluding hydrogens is 262 g/mol. The van der Waals surface area contributed by atoms with Crippen molar-refractivity contribution in [1.82, 2.24) is 0 Å². The third kappa shape index (κ3) is 16.1. The molecule has 0 spiro atoms. The second-order valence-corrected chi connectivity index (χ2v) is 6.48. The van der Waals surface area contributed by atoms with Crippen LogP contribution in [-0.2, 0) is 0 Å². The topological polar surface area (TPSA) is 43.3 Å². The van der Waals surface area contributed by atoms with Gasteiger partial charge in [-0.25, -0.2) is 10.0 Å². The van der Waals surface area contributed by atoms with Crippen molar-refractivity contribution in [3.8, 4) is 0 Å². The van der Waals surface area contributed by atoms with Gasteiger partial charge in [-0.1, -0.05) is 84.0 Å². The van der Waals surface area contributed by atoms with Gasteiger partial charge in [0.05, 0.1) is 0 Å². The Bertz CT molecular complexity index is 207. The maximum absolute atomic E-state index is 11.3. The van der Waals surface area contributed by atoms with Gasteiger partial charge in [0, 0.05) is 0 Å². The number of hydroxylamine groups is 4. The second kappa shape index (κ2) is 14.8. The normalized spacial score (nSPS) is 14.3. The molecule has 0 aliphatic rings. The fourth-order valence-corrected chi connectivity index (χ4v) is 2.71. The van der Waals surface area contributed by atoms with Crippen LogP contribution >= 0.6 is 0 Å². The zero-order valence-corrected chi connectivity index (χ0v) is 14.6. The van der Waals surface area contributed by atoms with E-state index >= 15 is 0 Å². The summed E-state index contributed by atoms with van der Waals surface area (Å²) < 4.78 is 0. The predicted octanol–water partition coefficient (Wildman–Crippen LogP) is 6.19. The Morgan fingerprint density at radius 3 is 1.29 bits per heavy atom. The summed E-state index contributed by atoms with van der Waals surface area (Å²) in [6.45, 7) is 4.62. The minimum Gasteiger partial charge on any atom is -0.598 e. The first-order valence-electron chi connectivity index (χ1n) is 9.43. The van der Waals surface area contributed by atoms with Crippen molar-refractivity contribution in [2.75, 3.05) is 13.1 Å². The average molecular weight is 302 g/mol. The van der Waals surface area contributed by atoms with E-state index < -0.39 is 4.81 Å². The lowest BCUT2D eigenvalue weighted by Crippen LogP contribution is -2.38. The Morgan fingerprint density at radius 1 is 0.619 bits per heavy atom. The molecule has 0 aliphatic heterocycles. The Kier molecular flexibility index (Phi) is 14.7. The molecule has 3 heteroatoms. The van der Waals surface area contributed by atoms with Crippen molar-refractivity contribution in [3.05, 3.63) is 5.21 Å². The van der Waals surface area contributed by atoms with Gasteiger partial charge < -0.3 is 5.21 Å². The van der Waals surface area contributed by atoms with Crippen molar-refractivity contribution >= 4 is 0 Å². The van der Waals surface area contributed by atoms with E-state index in [1.807, 2.05) is 0 Å². The highest BCUT2D eigenvalue weighted by atomic mass is 16.8. The van der Waals surface area contributed by atoms with Gasteiger partial charge in [-0.05, 0) is 19.8 Å². The minimum absolute atomic E-state index is 0.262. The standard InChI is InChI=1S/C18H39NO2/c1-3-5-6-7-8-9-10-11-12-13-14-15-16-17-18-19(20,21)4-2/h20H,3-18H2,1-2H3. The summed E-state index contributed by atoms with van der Waals surface area (Å²) in [4.78, 5) is -1.06. The summed E-state index contributed by atoms with van der Waals surface area (Å²) in [6, 6.07) is 0. The van der Waals surface area contributed by atoms with E-state index in [1.165, 1.54) is 77.0 Å². The summed E-state index contributed by atoms with van der Waals surface area (Å²) in [5, 5.41) is 20.6. The molecule has 0 aliphatic carbocycles. The highest BCUT2D eigenvalue weighted by molar-refractivity contribution is 4.49. The van der Waals surface area contributed by atoms with E-state index in [1.54, 1.807) is 6.92 Å². The summed E-state index contributed by atoms with van der Waals surface area (Å²) in [7, 11) is 0.